The molecule has 7 heteroatoms. The van der Waals surface area contributed by atoms with Crippen LogP contribution in [0.4, 0.5) is 0 Å². The summed E-state index contributed by atoms with van der Waals surface area (Å²) >= 11 is 1.66. The van der Waals surface area contributed by atoms with Crippen LogP contribution in [0.15, 0.2) is 53.3 Å². The van der Waals surface area contributed by atoms with Crippen LogP contribution in [0.2, 0.25) is 0 Å². The number of carbonyl (C=O) groups is 1. The van der Waals surface area contributed by atoms with Crippen molar-refractivity contribution in [2.24, 2.45) is 0 Å². The van der Waals surface area contributed by atoms with E-state index in [4.69, 9.17) is 0 Å². The van der Waals surface area contributed by atoms with Gasteiger partial charge in [0.15, 0.2) is 0 Å². The molecular formula is C19H22N2O3S2. The Kier molecular flexibility index (Phi) is 6.24. The van der Waals surface area contributed by atoms with E-state index in [1.54, 1.807) is 11.3 Å². The largest absolute Gasteiger partial charge is 0.335 e. The molecule has 0 bridgehead atoms. The van der Waals surface area contributed by atoms with E-state index in [-0.39, 0.29) is 24.9 Å². The van der Waals surface area contributed by atoms with Crippen LogP contribution in [0.25, 0.3) is 6.08 Å². The smallest absolute Gasteiger partial charge is 0.233 e. The molecule has 0 spiro atoms. The third kappa shape index (κ3) is 5.03. The molecule has 0 aliphatic carbocycles. The first-order valence-electron chi connectivity index (χ1n) is 8.61. The van der Waals surface area contributed by atoms with Gasteiger partial charge in [0.05, 0.1) is 6.04 Å². The molecule has 1 atom stereocenters. The van der Waals surface area contributed by atoms with Crippen molar-refractivity contribution in [3.05, 3.63) is 63.7 Å². The summed E-state index contributed by atoms with van der Waals surface area (Å²) in [4.78, 5) is 15.6. The Labute approximate surface area is 158 Å². The summed E-state index contributed by atoms with van der Waals surface area (Å²) in [7, 11) is -3.55. The highest BCUT2D eigenvalue weighted by molar-refractivity contribution is 7.92. The number of likely N-dealkylation sites (tertiary alicyclic amines) is 1. The highest BCUT2D eigenvalue weighted by Gasteiger charge is 2.30. The van der Waals surface area contributed by atoms with Gasteiger partial charge in [-0.25, -0.2) is 13.1 Å². The lowest BCUT2D eigenvalue weighted by Crippen LogP contribution is -2.33. The Morgan fingerprint density at radius 1 is 1.23 bits per heavy atom. The standard InChI is InChI=1S/C19H22N2O3S2/c22-19(21-13-4-8-17(21)18-9-5-14-25-18)10-12-20-26(23,24)15-11-16-6-2-1-3-7-16/h1-3,5-7,9,11,14-15,17,20H,4,8,10,12-13H2/b15-11+. The number of hydrogen-bond acceptors (Lipinski definition) is 4. The first-order valence-corrected chi connectivity index (χ1v) is 11.0. The maximum absolute atomic E-state index is 12.5. The Morgan fingerprint density at radius 3 is 2.77 bits per heavy atom. The van der Waals surface area contributed by atoms with Crippen LogP contribution in [0.1, 0.15) is 35.7 Å². The monoisotopic (exact) mass is 390 g/mol. The van der Waals surface area contributed by atoms with Gasteiger partial charge in [0.2, 0.25) is 15.9 Å². The van der Waals surface area contributed by atoms with Gasteiger partial charge < -0.3 is 4.90 Å². The fourth-order valence-electron chi connectivity index (χ4n) is 3.07. The van der Waals surface area contributed by atoms with Crippen LogP contribution in [-0.4, -0.2) is 32.3 Å². The summed E-state index contributed by atoms with van der Waals surface area (Å²) in [5.41, 5.74) is 0.810. The number of carbonyl (C=O) groups excluding carboxylic acids is 1. The minimum Gasteiger partial charge on any atom is -0.335 e. The zero-order chi connectivity index (χ0) is 18.4. The molecule has 1 aromatic heterocycles. The molecule has 1 saturated heterocycles. The third-order valence-corrected chi connectivity index (χ3v) is 6.40. The van der Waals surface area contributed by atoms with Gasteiger partial charge in [-0.15, -0.1) is 11.3 Å². The zero-order valence-corrected chi connectivity index (χ0v) is 16.0. The van der Waals surface area contributed by atoms with E-state index in [1.165, 1.54) is 11.0 Å². The summed E-state index contributed by atoms with van der Waals surface area (Å²) in [5.74, 6) is -0.00404. The minimum atomic E-state index is -3.55. The number of hydrogen-bond donors (Lipinski definition) is 1. The first-order chi connectivity index (χ1) is 12.6. The lowest BCUT2D eigenvalue weighted by atomic mass is 10.2. The molecule has 26 heavy (non-hydrogen) atoms. The van der Waals surface area contributed by atoms with Crippen LogP contribution in [-0.2, 0) is 14.8 Å². The molecule has 1 N–H and O–H groups in total. The molecule has 5 nitrogen and oxygen atoms in total. The van der Waals surface area contributed by atoms with Gasteiger partial charge in [0.1, 0.15) is 0 Å². The van der Waals surface area contributed by atoms with E-state index in [0.717, 1.165) is 30.4 Å². The molecule has 2 heterocycles. The molecule has 1 fully saturated rings. The maximum Gasteiger partial charge on any atom is 0.233 e. The van der Waals surface area contributed by atoms with Crippen molar-refractivity contribution < 1.29 is 13.2 Å². The van der Waals surface area contributed by atoms with Crippen LogP contribution in [0.5, 0.6) is 0 Å². The minimum absolute atomic E-state index is 0.00404. The molecule has 2 aromatic rings. The summed E-state index contributed by atoms with van der Waals surface area (Å²) in [6.45, 7) is 0.843. The summed E-state index contributed by atoms with van der Waals surface area (Å²) in [5, 5.41) is 3.15. The van der Waals surface area contributed by atoms with E-state index in [1.807, 2.05) is 46.7 Å². The number of benzene rings is 1. The number of rotatable bonds is 7. The van der Waals surface area contributed by atoms with Gasteiger partial charge in [0, 0.05) is 29.8 Å². The maximum atomic E-state index is 12.5. The predicted molar refractivity (Wildman–Crippen MR) is 105 cm³/mol. The number of nitrogens with zero attached hydrogens (tertiary/aromatic N) is 1. The topological polar surface area (TPSA) is 66.5 Å². The molecular weight excluding hydrogens is 368 g/mol. The SMILES string of the molecule is O=C(CCNS(=O)(=O)/C=C/c1ccccc1)N1CCCC1c1cccs1. The van der Waals surface area contributed by atoms with Crippen LogP contribution in [0.3, 0.4) is 0 Å². The van der Waals surface area contributed by atoms with Gasteiger partial charge in [-0.2, -0.15) is 0 Å². The number of nitrogens with one attached hydrogen (secondary N) is 1. The molecule has 1 amide bonds. The molecule has 1 aromatic carbocycles. The zero-order valence-electron chi connectivity index (χ0n) is 14.4. The number of amides is 1. The highest BCUT2D eigenvalue weighted by atomic mass is 32.2. The van der Waals surface area contributed by atoms with Crippen LogP contribution in [0, 0.1) is 0 Å². The van der Waals surface area contributed by atoms with E-state index in [9.17, 15) is 13.2 Å². The second-order valence-corrected chi connectivity index (χ2v) is 8.79. The lowest BCUT2D eigenvalue weighted by molar-refractivity contribution is -0.131. The summed E-state index contributed by atoms with van der Waals surface area (Å²) in [6.07, 6.45) is 3.66. The van der Waals surface area contributed by atoms with Gasteiger partial charge in [-0.1, -0.05) is 36.4 Å². The quantitative estimate of drug-likeness (QED) is 0.788. The molecule has 0 saturated carbocycles. The molecule has 1 aliphatic heterocycles. The van der Waals surface area contributed by atoms with Crippen molar-refractivity contribution in [1.29, 1.82) is 0 Å². The van der Waals surface area contributed by atoms with Crippen molar-refractivity contribution in [2.75, 3.05) is 13.1 Å². The molecule has 1 aliphatic rings. The van der Waals surface area contributed by atoms with E-state index >= 15 is 0 Å². The number of sulfonamides is 1. The van der Waals surface area contributed by atoms with Crippen molar-refractivity contribution in [3.8, 4) is 0 Å². The second kappa shape index (κ2) is 8.62. The van der Waals surface area contributed by atoms with Crippen molar-refractivity contribution in [1.82, 2.24) is 9.62 Å². The fraction of sp³-hybridized carbons (Fsp3) is 0.316. The fourth-order valence-corrected chi connectivity index (χ4v) is 4.76. The second-order valence-electron chi connectivity index (χ2n) is 6.16. The average molecular weight is 391 g/mol. The molecule has 1 unspecified atom stereocenters. The Bertz CT molecular complexity index is 846. The Morgan fingerprint density at radius 2 is 2.04 bits per heavy atom. The van der Waals surface area contributed by atoms with Crippen molar-refractivity contribution in [2.45, 2.75) is 25.3 Å². The van der Waals surface area contributed by atoms with Gasteiger partial charge in [-0.3, -0.25) is 4.79 Å². The average Bonchev–Trinajstić information content (AvgIpc) is 3.31. The normalized spacial score (nSPS) is 17.8. The van der Waals surface area contributed by atoms with Crippen LogP contribution < -0.4 is 4.72 Å². The number of thiophene rings is 1. The van der Waals surface area contributed by atoms with Crippen molar-refractivity contribution in [3.63, 3.8) is 0 Å². The summed E-state index contributed by atoms with van der Waals surface area (Å²) in [6, 6.07) is 13.4. The lowest BCUT2D eigenvalue weighted by Gasteiger charge is -2.24. The Hall–Kier alpha value is -1.96. The van der Waals surface area contributed by atoms with Crippen molar-refractivity contribution >= 4 is 33.3 Å². The third-order valence-electron chi connectivity index (χ3n) is 4.33. The van der Waals surface area contributed by atoms with E-state index in [0.29, 0.717) is 0 Å². The summed E-state index contributed by atoms with van der Waals surface area (Å²) < 4.78 is 26.5. The predicted octanol–water partition coefficient (Wildman–Crippen LogP) is 3.39. The molecule has 3 rings (SSSR count). The molecule has 138 valence electrons. The van der Waals surface area contributed by atoms with E-state index < -0.39 is 10.0 Å². The first kappa shape index (κ1) is 18.8. The Balaban J connectivity index is 1.51. The highest BCUT2D eigenvalue weighted by Crippen LogP contribution is 2.34. The van der Waals surface area contributed by atoms with Gasteiger partial charge in [-0.05, 0) is 35.9 Å². The van der Waals surface area contributed by atoms with Gasteiger partial charge >= 0.3 is 0 Å². The van der Waals surface area contributed by atoms with Crippen LogP contribution >= 0.6 is 11.3 Å². The molecule has 0 radical (unpaired) electrons. The van der Waals surface area contributed by atoms with E-state index in [2.05, 4.69) is 10.8 Å². The van der Waals surface area contributed by atoms with Gasteiger partial charge in [0.25, 0.3) is 0 Å².